The fraction of sp³-hybridized carbons (Fsp3) is 0.364. The second-order valence-corrected chi connectivity index (χ2v) is 3.91. The minimum atomic E-state index is -4.69. The van der Waals surface area contributed by atoms with Crippen LogP contribution in [0.25, 0.3) is 0 Å². The monoisotopic (exact) mass is 232 g/mol. The summed E-state index contributed by atoms with van der Waals surface area (Å²) in [7, 11) is 0. The van der Waals surface area contributed by atoms with Crippen LogP contribution in [0.4, 0.5) is 13.2 Å². The summed E-state index contributed by atoms with van der Waals surface area (Å²) in [6.07, 6.45) is -3.95. The molecule has 0 unspecified atom stereocenters. The number of ether oxygens (including phenoxy) is 1. The van der Waals surface area contributed by atoms with Crippen LogP contribution < -0.4 is 4.74 Å². The first-order valence-corrected chi connectivity index (χ1v) is 4.57. The fourth-order valence-electron chi connectivity index (χ4n) is 1.15. The van der Waals surface area contributed by atoms with E-state index in [2.05, 4.69) is 4.74 Å². The van der Waals surface area contributed by atoms with Crippen molar-refractivity contribution < 1.29 is 22.7 Å². The van der Waals surface area contributed by atoms with Crippen molar-refractivity contribution in [3.8, 4) is 5.75 Å². The summed E-state index contributed by atoms with van der Waals surface area (Å²) in [5.41, 5.74) is -0.0754. The Hall–Kier alpha value is -1.52. The second kappa shape index (κ2) is 4.15. The molecule has 0 N–H and O–H groups in total. The van der Waals surface area contributed by atoms with Gasteiger partial charge in [-0.2, -0.15) is 0 Å². The molecule has 2 nitrogen and oxygen atoms in total. The van der Waals surface area contributed by atoms with Crippen molar-refractivity contribution in [2.45, 2.75) is 25.6 Å². The van der Waals surface area contributed by atoms with E-state index < -0.39 is 11.8 Å². The summed E-state index contributed by atoms with van der Waals surface area (Å²) in [6, 6.07) is 5.26. The molecule has 1 rings (SSSR count). The molecule has 0 amide bonds. The van der Waals surface area contributed by atoms with Crippen LogP contribution in [0.5, 0.6) is 5.75 Å². The average molecular weight is 232 g/mol. The van der Waals surface area contributed by atoms with Gasteiger partial charge in [0, 0.05) is 5.41 Å². The highest BCUT2D eigenvalue weighted by Crippen LogP contribution is 2.26. The molecule has 0 radical (unpaired) electrons. The summed E-state index contributed by atoms with van der Waals surface area (Å²) in [5.74, 6) is -0.294. The molecule has 0 spiro atoms. The maximum atomic E-state index is 11.9. The topological polar surface area (TPSA) is 26.3 Å². The Labute approximate surface area is 91.0 Å². The third-order valence-electron chi connectivity index (χ3n) is 2.13. The molecular formula is C11H11F3O2. The van der Waals surface area contributed by atoms with E-state index in [1.807, 2.05) is 0 Å². The molecule has 0 atom stereocenters. The average Bonchev–Trinajstić information content (AvgIpc) is 2.16. The summed E-state index contributed by atoms with van der Waals surface area (Å²) in [5, 5.41) is 0. The molecule has 16 heavy (non-hydrogen) atoms. The van der Waals surface area contributed by atoms with Gasteiger partial charge in [-0.1, -0.05) is 12.1 Å². The molecule has 1 aromatic carbocycles. The molecule has 1 aromatic rings. The van der Waals surface area contributed by atoms with Crippen LogP contribution >= 0.6 is 0 Å². The van der Waals surface area contributed by atoms with Gasteiger partial charge in [-0.25, -0.2) is 0 Å². The lowest BCUT2D eigenvalue weighted by atomic mass is 9.86. The van der Waals surface area contributed by atoms with Crippen molar-refractivity contribution in [2.75, 3.05) is 0 Å². The Morgan fingerprint density at radius 1 is 1.12 bits per heavy atom. The lowest BCUT2D eigenvalue weighted by Crippen LogP contribution is -2.19. The van der Waals surface area contributed by atoms with Gasteiger partial charge in [0.05, 0.1) is 0 Å². The van der Waals surface area contributed by atoms with E-state index in [0.717, 1.165) is 6.29 Å². The first-order chi connectivity index (χ1) is 7.24. The van der Waals surface area contributed by atoms with Crippen LogP contribution in [0.3, 0.4) is 0 Å². The fourth-order valence-corrected chi connectivity index (χ4v) is 1.15. The largest absolute Gasteiger partial charge is 0.573 e. The number of alkyl halides is 3. The third-order valence-corrected chi connectivity index (χ3v) is 2.13. The van der Waals surface area contributed by atoms with Gasteiger partial charge in [0.25, 0.3) is 0 Å². The molecule has 88 valence electrons. The van der Waals surface area contributed by atoms with Gasteiger partial charge in [-0.05, 0) is 31.5 Å². The quantitative estimate of drug-likeness (QED) is 0.748. The van der Waals surface area contributed by atoms with Gasteiger partial charge in [0.1, 0.15) is 12.0 Å². The standard InChI is InChI=1S/C11H11F3O2/c1-10(2,7-15)8-3-5-9(6-4-8)16-11(12,13)14/h3-7H,1-2H3. The molecule has 0 aliphatic rings. The molecule has 0 saturated heterocycles. The molecule has 5 heteroatoms. The van der Waals surface area contributed by atoms with Crippen molar-refractivity contribution in [2.24, 2.45) is 0 Å². The predicted molar refractivity (Wildman–Crippen MR) is 52.2 cm³/mol. The molecular weight excluding hydrogens is 221 g/mol. The van der Waals surface area contributed by atoms with Crippen molar-refractivity contribution in [3.63, 3.8) is 0 Å². The number of hydrogen-bond donors (Lipinski definition) is 0. The van der Waals surface area contributed by atoms with Crippen molar-refractivity contribution in [3.05, 3.63) is 29.8 Å². The first kappa shape index (κ1) is 12.5. The van der Waals surface area contributed by atoms with Gasteiger partial charge in [0.2, 0.25) is 0 Å². The van der Waals surface area contributed by atoms with E-state index in [1.54, 1.807) is 13.8 Å². The normalized spacial score (nSPS) is 12.3. The van der Waals surface area contributed by atoms with Crippen molar-refractivity contribution >= 4 is 6.29 Å². The van der Waals surface area contributed by atoms with Gasteiger partial charge in [-0.15, -0.1) is 13.2 Å². The molecule has 0 bridgehead atoms. The third kappa shape index (κ3) is 3.25. The molecule has 0 aliphatic carbocycles. The molecule has 0 aromatic heterocycles. The van der Waals surface area contributed by atoms with Gasteiger partial charge < -0.3 is 9.53 Å². The summed E-state index contributed by atoms with van der Waals surface area (Å²) in [6.45, 7) is 3.36. The van der Waals surface area contributed by atoms with Crippen molar-refractivity contribution in [1.29, 1.82) is 0 Å². The van der Waals surface area contributed by atoms with E-state index in [4.69, 9.17) is 0 Å². The summed E-state index contributed by atoms with van der Waals surface area (Å²) in [4.78, 5) is 10.7. The Morgan fingerprint density at radius 2 is 1.62 bits per heavy atom. The Balaban J connectivity index is 2.88. The minimum absolute atomic E-state index is 0.294. The highest BCUT2D eigenvalue weighted by atomic mass is 19.4. The lowest BCUT2D eigenvalue weighted by molar-refractivity contribution is -0.274. The smallest absolute Gasteiger partial charge is 0.406 e. The van der Waals surface area contributed by atoms with Gasteiger partial charge in [0.15, 0.2) is 0 Å². The van der Waals surface area contributed by atoms with Crippen LogP contribution in [-0.4, -0.2) is 12.6 Å². The second-order valence-electron chi connectivity index (χ2n) is 3.91. The van der Waals surface area contributed by atoms with E-state index in [0.29, 0.717) is 5.56 Å². The molecule has 0 aliphatic heterocycles. The van der Waals surface area contributed by atoms with E-state index in [1.165, 1.54) is 24.3 Å². The van der Waals surface area contributed by atoms with E-state index >= 15 is 0 Å². The van der Waals surface area contributed by atoms with Crippen LogP contribution in [0.1, 0.15) is 19.4 Å². The maximum Gasteiger partial charge on any atom is 0.573 e. The van der Waals surface area contributed by atoms with Crippen molar-refractivity contribution in [1.82, 2.24) is 0 Å². The Morgan fingerprint density at radius 3 is 2.00 bits per heavy atom. The number of carbonyl (C=O) groups is 1. The lowest BCUT2D eigenvalue weighted by Gasteiger charge is -2.17. The first-order valence-electron chi connectivity index (χ1n) is 4.57. The highest BCUT2D eigenvalue weighted by molar-refractivity contribution is 5.67. The van der Waals surface area contributed by atoms with Crippen LogP contribution in [0.15, 0.2) is 24.3 Å². The predicted octanol–water partition coefficient (Wildman–Crippen LogP) is 3.06. The zero-order chi connectivity index (χ0) is 12.4. The number of benzene rings is 1. The highest BCUT2D eigenvalue weighted by Gasteiger charge is 2.31. The van der Waals surface area contributed by atoms with Crippen LogP contribution in [-0.2, 0) is 10.2 Å². The maximum absolute atomic E-state index is 11.9. The number of carbonyl (C=O) groups excluding carboxylic acids is 1. The summed E-state index contributed by atoms with van der Waals surface area (Å²) < 4.78 is 39.3. The van der Waals surface area contributed by atoms with Crippen LogP contribution in [0, 0.1) is 0 Å². The summed E-state index contributed by atoms with van der Waals surface area (Å²) >= 11 is 0. The molecule has 0 saturated carbocycles. The van der Waals surface area contributed by atoms with E-state index in [9.17, 15) is 18.0 Å². The number of rotatable bonds is 3. The zero-order valence-corrected chi connectivity index (χ0v) is 8.84. The van der Waals surface area contributed by atoms with E-state index in [-0.39, 0.29) is 5.75 Å². The Kier molecular flexibility index (Phi) is 3.26. The number of hydrogen-bond acceptors (Lipinski definition) is 2. The van der Waals surface area contributed by atoms with Crippen LogP contribution in [0.2, 0.25) is 0 Å². The molecule has 0 fully saturated rings. The van der Waals surface area contributed by atoms with Gasteiger partial charge >= 0.3 is 6.36 Å². The number of aldehydes is 1. The number of halogens is 3. The molecule has 0 heterocycles. The zero-order valence-electron chi connectivity index (χ0n) is 8.84. The SMILES string of the molecule is CC(C)(C=O)c1ccc(OC(F)(F)F)cc1. The van der Waals surface area contributed by atoms with Gasteiger partial charge in [-0.3, -0.25) is 0 Å². The minimum Gasteiger partial charge on any atom is -0.406 e. The Bertz CT molecular complexity index is 366.